The van der Waals surface area contributed by atoms with Crippen molar-refractivity contribution in [2.24, 2.45) is 0 Å². The van der Waals surface area contributed by atoms with E-state index in [1.54, 1.807) is 0 Å². The normalized spacial score (nSPS) is 11.2. The molecule has 0 bridgehead atoms. The van der Waals surface area contributed by atoms with Crippen LogP contribution in [0.15, 0.2) is 5.16 Å². The second kappa shape index (κ2) is 9.78. The lowest BCUT2D eigenvalue weighted by Gasteiger charge is -2.11. The summed E-state index contributed by atoms with van der Waals surface area (Å²) in [6, 6.07) is 0. The van der Waals surface area contributed by atoms with E-state index in [0.29, 0.717) is 11.8 Å². The molecule has 0 atom stereocenters. The van der Waals surface area contributed by atoms with Gasteiger partial charge in [-0.2, -0.15) is 0 Å². The third-order valence-electron chi connectivity index (χ3n) is 2.90. The van der Waals surface area contributed by atoms with Crippen LogP contribution < -0.4 is 0 Å². The van der Waals surface area contributed by atoms with Crippen molar-refractivity contribution in [3.05, 3.63) is 5.82 Å². The van der Waals surface area contributed by atoms with E-state index < -0.39 is 5.97 Å². The molecule has 1 N–H and O–H groups in total. The first-order valence-electron chi connectivity index (χ1n) is 7.41. The summed E-state index contributed by atoms with van der Waals surface area (Å²) in [7, 11) is 0. The molecule has 0 aromatic carbocycles. The fourth-order valence-corrected chi connectivity index (χ4v) is 2.54. The summed E-state index contributed by atoms with van der Waals surface area (Å²) in [6.45, 7) is 8.53. The van der Waals surface area contributed by atoms with Gasteiger partial charge in [-0.1, -0.05) is 39.0 Å². The van der Waals surface area contributed by atoms with Crippen molar-refractivity contribution >= 4 is 17.7 Å². The lowest BCUT2D eigenvalue weighted by molar-refractivity contribution is -0.133. The maximum atomic E-state index is 10.7. The van der Waals surface area contributed by atoms with E-state index in [4.69, 9.17) is 9.84 Å². The van der Waals surface area contributed by atoms with E-state index in [0.717, 1.165) is 38.2 Å². The third kappa shape index (κ3) is 6.48. The first-order chi connectivity index (χ1) is 10.1. The molecule has 0 saturated carbocycles. The average molecular weight is 315 g/mol. The van der Waals surface area contributed by atoms with Crippen molar-refractivity contribution in [1.29, 1.82) is 0 Å². The number of aliphatic carboxylic acids is 1. The first-order valence-corrected chi connectivity index (χ1v) is 8.40. The molecule has 0 saturated heterocycles. The number of nitrogens with zero attached hydrogens (tertiary/aromatic N) is 3. The van der Waals surface area contributed by atoms with Crippen LogP contribution in [0.25, 0.3) is 0 Å². The van der Waals surface area contributed by atoms with Gasteiger partial charge in [0.15, 0.2) is 5.16 Å². The van der Waals surface area contributed by atoms with Crippen LogP contribution in [0, 0.1) is 0 Å². The van der Waals surface area contributed by atoms with Crippen LogP contribution in [-0.2, 0) is 16.1 Å². The number of carboxylic acid groups (broad SMARTS) is 1. The Balaban J connectivity index is 2.55. The highest BCUT2D eigenvalue weighted by molar-refractivity contribution is 7.99. The molecule has 0 fully saturated rings. The highest BCUT2D eigenvalue weighted by Gasteiger charge is 2.15. The largest absolute Gasteiger partial charge is 0.481 e. The number of unbranched alkanes of at least 4 members (excludes halogenated alkanes) is 1. The van der Waals surface area contributed by atoms with E-state index in [1.807, 2.05) is 4.57 Å². The Labute approximate surface area is 130 Å². The smallest absolute Gasteiger partial charge is 0.313 e. The Morgan fingerprint density at radius 2 is 2.05 bits per heavy atom. The molecule has 7 heteroatoms. The Bertz CT molecular complexity index is 435. The number of hydrogen-bond acceptors (Lipinski definition) is 5. The summed E-state index contributed by atoms with van der Waals surface area (Å²) in [5, 5.41) is 17.7. The van der Waals surface area contributed by atoms with Gasteiger partial charge in [0.1, 0.15) is 5.82 Å². The van der Waals surface area contributed by atoms with Crippen LogP contribution in [0.4, 0.5) is 0 Å². The minimum Gasteiger partial charge on any atom is -0.481 e. The molecule has 0 radical (unpaired) electrons. The van der Waals surface area contributed by atoms with E-state index in [9.17, 15) is 4.79 Å². The zero-order chi connectivity index (χ0) is 15.7. The van der Waals surface area contributed by atoms with E-state index in [1.165, 1.54) is 11.8 Å². The van der Waals surface area contributed by atoms with E-state index >= 15 is 0 Å². The molecule has 21 heavy (non-hydrogen) atoms. The molecule has 0 aliphatic carbocycles. The van der Waals surface area contributed by atoms with E-state index in [2.05, 4.69) is 31.0 Å². The number of rotatable bonds is 11. The first kappa shape index (κ1) is 18.0. The number of ether oxygens (including phenoxy) is 1. The Hall–Kier alpha value is -1.08. The van der Waals surface area contributed by atoms with Gasteiger partial charge in [0.2, 0.25) is 0 Å². The maximum Gasteiger partial charge on any atom is 0.313 e. The molecule has 0 amide bonds. The zero-order valence-corrected chi connectivity index (χ0v) is 13.9. The molecule has 0 spiro atoms. The number of aromatic nitrogens is 3. The molecular weight excluding hydrogens is 290 g/mol. The van der Waals surface area contributed by atoms with E-state index in [-0.39, 0.29) is 11.7 Å². The monoisotopic (exact) mass is 315 g/mol. The second-order valence-corrected chi connectivity index (χ2v) is 6.09. The van der Waals surface area contributed by atoms with Gasteiger partial charge in [0, 0.05) is 25.7 Å². The fraction of sp³-hybridized carbons (Fsp3) is 0.786. The molecule has 6 nitrogen and oxygen atoms in total. The van der Waals surface area contributed by atoms with Crippen LogP contribution in [0.2, 0.25) is 0 Å². The Morgan fingerprint density at radius 1 is 1.33 bits per heavy atom. The molecule has 1 heterocycles. The molecule has 1 aromatic heterocycles. The lowest BCUT2D eigenvalue weighted by atomic mass is 10.2. The molecule has 120 valence electrons. The van der Waals surface area contributed by atoms with Gasteiger partial charge in [-0.3, -0.25) is 4.79 Å². The number of hydrogen-bond donors (Lipinski definition) is 1. The average Bonchev–Trinajstić information content (AvgIpc) is 2.83. The van der Waals surface area contributed by atoms with Crippen LogP contribution >= 0.6 is 11.8 Å². The standard InChI is InChI=1S/C14H25N3O3S/c1-4-5-8-20-9-6-7-17-13(11(2)3)15-16-14(17)21-10-12(18)19/h11H,4-10H2,1-3H3,(H,18,19). The predicted octanol–water partition coefficient (Wildman–Crippen LogP) is 2.79. The lowest BCUT2D eigenvalue weighted by Crippen LogP contribution is -2.10. The van der Waals surface area contributed by atoms with Gasteiger partial charge in [-0.05, 0) is 12.8 Å². The maximum absolute atomic E-state index is 10.7. The van der Waals surface area contributed by atoms with Crippen molar-refractivity contribution in [2.75, 3.05) is 19.0 Å². The van der Waals surface area contributed by atoms with Gasteiger partial charge < -0.3 is 14.4 Å². The van der Waals surface area contributed by atoms with Crippen LogP contribution in [0.1, 0.15) is 51.8 Å². The highest BCUT2D eigenvalue weighted by Crippen LogP contribution is 2.21. The summed E-state index contributed by atoms with van der Waals surface area (Å²) in [4.78, 5) is 10.7. The van der Waals surface area contributed by atoms with Crippen molar-refractivity contribution in [3.63, 3.8) is 0 Å². The van der Waals surface area contributed by atoms with Crippen molar-refractivity contribution in [3.8, 4) is 0 Å². The van der Waals surface area contributed by atoms with Crippen LogP contribution in [0.5, 0.6) is 0 Å². The number of thioether (sulfide) groups is 1. The fourth-order valence-electron chi connectivity index (χ4n) is 1.84. The predicted molar refractivity (Wildman–Crippen MR) is 82.8 cm³/mol. The second-order valence-electron chi connectivity index (χ2n) is 5.15. The number of carbonyl (C=O) groups is 1. The Kier molecular flexibility index (Phi) is 8.37. The molecule has 0 aliphatic heterocycles. The summed E-state index contributed by atoms with van der Waals surface area (Å²) in [5.74, 6) is 0.320. The van der Waals surface area contributed by atoms with Crippen molar-refractivity contribution in [1.82, 2.24) is 14.8 Å². The van der Waals surface area contributed by atoms with Crippen LogP contribution in [-0.4, -0.2) is 44.8 Å². The number of carboxylic acids is 1. The third-order valence-corrected chi connectivity index (χ3v) is 3.85. The van der Waals surface area contributed by atoms with Gasteiger partial charge in [-0.15, -0.1) is 10.2 Å². The van der Waals surface area contributed by atoms with Gasteiger partial charge in [0.25, 0.3) is 0 Å². The molecule has 1 rings (SSSR count). The molecule has 0 unspecified atom stereocenters. The Morgan fingerprint density at radius 3 is 2.67 bits per heavy atom. The minimum absolute atomic E-state index is 0.00320. The summed E-state index contributed by atoms with van der Waals surface area (Å²) < 4.78 is 7.57. The molecule has 1 aromatic rings. The summed E-state index contributed by atoms with van der Waals surface area (Å²) in [6.07, 6.45) is 3.10. The van der Waals surface area contributed by atoms with Gasteiger partial charge in [-0.25, -0.2) is 0 Å². The topological polar surface area (TPSA) is 77.2 Å². The van der Waals surface area contributed by atoms with Crippen LogP contribution in [0.3, 0.4) is 0 Å². The quantitative estimate of drug-likeness (QED) is 0.500. The highest BCUT2D eigenvalue weighted by atomic mass is 32.2. The molecule has 0 aliphatic rings. The van der Waals surface area contributed by atoms with Crippen molar-refractivity contribution in [2.45, 2.75) is 57.7 Å². The van der Waals surface area contributed by atoms with Gasteiger partial charge >= 0.3 is 5.97 Å². The van der Waals surface area contributed by atoms with Gasteiger partial charge in [0.05, 0.1) is 5.75 Å². The zero-order valence-electron chi connectivity index (χ0n) is 13.0. The molecular formula is C14H25N3O3S. The SMILES string of the molecule is CCCCOCCCn1c(SCC(=O)O)nnc1C(C)C. The minimum atomic E-state index is -0.844. The summed E-state index contributed by atoms with van der Waals surface area (Å²) in [5.41, 5.74) is 0. The summed E-state index contributed by atoms with van der Waals surface area (Å²) >= 11 is 1.21. The van der Waals surface area contributed by atoms with Crippen molar-refractivity contribution < 1.29 is 14.6 Å².